The summed E-state index contributed by atoms with van der Waals surface area (Å²) in [6.45, 7) is 1.25. The molecule has 6 N–H and O–H groups in total. The minimum atomic E-state index is 0. The highest BCUT2D eigenvalue weighted by atomic mass is 16.3. The fourth-order valence-electron chi connectivity index (χ4n) is 3.76. The Hall–Kier alpha value is -1.36. The van der Waals surface area contributed by atoms with E-state index in [1.54, 1.807) is 0 Å². The second kappa shape index (κ2) is 4.63. The number of aromatic nitrogens is 1. The van der Waals surface area contributed by atoms with Crippen molar-refractivity contribution in [3.8, 4) is 0 Å². The van der Waals surface area contributed by atoms with Crippen LogP contribution in [0.1, 0.15) is 23.5 Å². The van der Waals surface area contributed by atoms with E-state index < -0.39 is 0 Å². The van der Waals surface area contributed by atoms with Gasteiger partial charge in [0.05, 0.1) is 0 Å². The Labute approximate surface area is 112 Å². The van der Waals surface area contributed by atoms with Crippen LogP contribution in [0.5, 0.6) is 0 Å². The molecule has 1 aromatic carbocycles. The molecule has 1 aliphatic heterocycles. The monoisotopic (exact) mass is 259 g/mol. The molecule has 2 aliphatic rings. The third-order valence-electron chi connectivity index (χ3n) is 4.66. The summed E-state index contributed by atoms with van der Waals surface area (Å²) in [5, 5.41) is 14.4. The molecule has 3 atom stereocenters. The van der Waals surface area contributed by atoms with Crippen LogP contribution < -0.4 is 11.5 Å². The number of fused-ring (bicyclic) bond motifs is 2. The number of rotatable bonds is 1. The molecule has 2 aromatic rings. The van der Waals surface area contributed by atoms with Crippen molar-refractivity contribution in [3.05, 3.63) is 35.5 Å². The number of aliphatic hydroxyl groups excluding tert-OH is 1. The number of aliphatic hydroxyl groups is 1. The first-order chi connectivity index (χ1) is 8.86. The van der Waals surface area contributed by atoms with E-state index in [2.05, 4.69) is 34.7 Å². The van der Waals surface area contributed by atoms with Crippen LogP contribution in [0.2, 0.25) is 0 Å². The van der Waals surface area contributed by atoms with E-state index in [0.29, 0.717) is 24.5 Å². The topological polar surface area (TPSA) is 83.1 Å². The third-order valence-corrected chi connectivity index (χ3v) is 4.66. The normalized spacial score (nSPS) is 28.8. The van der Waals surface area contributed by atoms with E-state index in [0.717, 1.165) is 19.4 Å². The minimum Gasteiger partial charge on any atom is -0.396 e. The molecule has 1 fully saturated rings. The summed E-state index contributed by atoms with van der Waals surface area (Å²) in [6, 6.07) is 7.10. The maximum Gasteiger partial charge on any atom is 0.0471 e. The second-order valence-corrected chi connectivity index (χ2v) is 5.69. The fraction of sp³-hybridized carbons (Fsp3) is 0.467. The van der Waals surface area contributed by atoms with Crippen molar-refractivity contribution in [1.82, 2.24) is 16.5 Å². The SMILES string of the molecule is N.OC[C@H]1CN[C@@H]2Cc3c[nH]c4cccc(c34)[C@H]2C1. The molecule has 0 saturated carbocycles. The van der Waals surface area contributed by atoms with Crippen LogP contribution in [0.15, 0.2) is 24.4 Å². The largest absolute Gasteiger partial charge is 0.396 e. The van der Waals surface area contributed by atoms with E-state index >= 15 is 0 Å². The predicted molar refractivity (Wildman–Crippen MR) is 76.7 cm³/mol. The van der Waals surface area contributed by atoms with E-state index in [1.807, 2.05) is 0 Å². The molecule has 1 saturated heterocycles. The van der Waals surface area contributed by atoms with Crippen molar-refractivity contribution >= 4 is 10.9 Å². The molecule has 0 bridgehead atoms. The van der Waals surface area contributed by atoms with Gasteiger partial charge in [-0.3, -0.25) is 0 Å². The minimum absolute atomic E-state index is 0. The molecule has 102 valence electrons. The van der Waals surface area contributed by atoms with Crippen LogP contribution in [0, 0.1) is 5.92 Å². The van der Waals surface area contributed by atoms with Crippen molar-refractivity contribution < 1.29 is 5.11 Å². The molecule has 4 nitrogen and oxygen atoms in total. The van der Waals surface area contributed by atoms with Gasteiger partial charge in [0.2, 0.25) is 0 Å². The number of piperidine rings is 1. The molecule has 1 aromatic heterocycles. The predicted octanol–water partition coefficient (Wildman–Crippen LogP) is 1.94. The standard InChI is InChI=1S/C15H18N2O.H3N/c18-8-9-4-12-11-2-1-3-13-15(11)10(7-17-13)5-14(12)16-6-9;/h1-3,7,9,12,14,16-18H,4-6,8H2;1H3/t9-,12-,14-;/m1./s1. The summed E-state index contributed by atoms with van der Waals surface area (Å²) in [6.07, 6.45) is 4.38. The Morgan fingerprint density at radius 1 is 1.32 bits per heavy atom. The first kappa shape index (κ1) is 12.7. The Kier molecular flexibility index (Phi) is 3.09. The smallest absolute Gasteiger partial charge is 0.0471 e. The molecular formula is C15H21N3O. The lowest BCUT2D eigenvalue weighted by molar-refractivity contribution is 0.168. The molecule has 0 amide bonds. The lowest BCUT2D eigenvalue weighted by atomic mass is 9.73. The zero-order valence-corrected chi connectivity index (χ0v) is 11.0. The van der Waals surface area contributed by atoms with Crippen molar-refractivity contribution in [2.75, 3.05) is 13.2 Å². The van der Waals surface area contributed by atoms with E-state index in [-0.39, 0.29) is 6.15 Å². The maximum absolute atomic E-state index is 9.38. The molecular weight excluding hydrogens is 238 g/mol. The number of hydrogen-bond donors (Lipinski definition) is 4. The molecule has 1 aliphatic carbocycles. The van der Waals surface area contributed by atoms with Crippen LogP contribution in [0.25, 0.3) is 10.9 Å². The Balaban J connectivity index is 0.00000110. The van der Waals surface area contributed by atoms with Gasteiger partial charge in [-0.25, -0.2) is 0 Å². The lowest BCUT2D eigenvalue weighted by Gasteiger charge is -2.39. The van der Waals surface area contributed by atoms with E-state index in [9.17, 15) is 5.11 Å². The van der Waals surface area contributed by atoms with Crippen molar-refractivity contribution in [2.45, 2.75) is 24.8 Å². The summed E-state index contributed by atoms with van der Waals surface area (Å²) in [7, 11) is 0. The van der Waals surface area contributed by atoms with Crippen LogP contribution in [-0.4, -0.2) is 29.3 Å². The van der Waals surface area contributed by atoms with Crippen LogP contribution in [-0.2, 0) is 6.42 Å². The van der Waals surface area contributed by atoms with Crippen LogP contribution in [0.3, 0.4) is 0 Å². The van der Waals surface area contributed by atoms with E-state index in [4.69, 9.17) is 0 Å². The van der Waals surface area contributed by atoms with Gasteiger partial charge in [-0.2, -0.15) is 0 Å². The first-order valence-corrected chi connectivity index (χ1v) is 6.80. The van der Waals surface area contributed by atoms with Gasteiger partial charge in [-0.15, -0.1) is 0 Å². The fourth-order valence-corrected chi connectivity index (χ4v) is 3.76. The third kappa shape index (κ3) is 1.79. The molecule has 2 heterocycles. The Bertz CT molecular complexity index is 592. The van der Waals surface area contributed by atoms with Gasteiger partial charge in [0.15, 0.2) is 0 Å². The quantitative estimate of drug-likeness (QED) is 0.631. The highest BCUT2D eigenvalue weighted by Crippen LogP contribution is 2.41. The van der Waals surface area contributed by atoms with Gasteiger partial charge < -0.3 is 21.6 Å². The summed E-state index contributed by atoms with van der Waals surface area (Å²) >= 11 is 0. The molecule has 4 heteroatoms. The van der Waals surface area contributed by atoms with E-state index in [1.165, 1.54) is 22.0 Å². The van der Waals surface area contributed by atoms with Gasteiger partial charge in [0, 0.05) is 42.2 Å². The lowest BCUT2D eigenvalue weighted by Crippen LogP contribution is -2.47. The summed E-state index contributed by atoms with van der Waals surface area (Å²) in [5.74, 6) is 0.963. The summed E-state index contributed by atoms with van der Waals surface area (Å²) in [4.78, 5) is 3.38. The van der Waals surface area contributed by atoms with Gasteiger partial charge in [-0.05, 0) is 36.0 Å². The molecule has 0 spiro atoms. The van der Waals surface area contributed by atoms with Gasteiger partial charge in [0.1, 0.15) is 0 Å². The zero-order valence-electron chi connectivity index (χ0n) is 11.0. The molecule has 0 unspecified atom stereocenters. The van der Waals surface area contributed by atoms with Crippen LogP contribution >= 0.6 is 0 Å². The molecule has 0 radical (unpaired) electrons. The van der Waals surface area contributed by atoms with Gasteiger partial charge in [0.25, 0.3) is 0 Å². The second-order valence-electron chi connectivity index (χ2n) is 5.69. The van der Waals surface area contributed by atoms with Gasteiger partial charge >= 0.3 is 0 Å². The van der Waals surface area contributed by atoms with Crippen molar-refractivity contribution in [3.63, 3.8) is 0 Å². The number of H-pyrrole nitrogens is 1. The molecule has 4 rings (SSSR count). The average Bonchev–Trinajstić information content (AvgIpc) is 2.83. The highest BCUT2D eigenvalue weighted by molar-refractivity contribution is 5.88. The number of benzene rings is 1. The maximum atomic E-state index is 9.38. The first-order valence-electron chi connectivity index (χ1n) is 6.80. The summed E-state index contributed by atoms with van der Waals surface area (Å²) < 4.78 is 0. The number of aromatic amines is 1. The highest BCUT2D eigenvalue weighted by Gasteiger charge is 2.35. The van der Waals surface area contributed by atoms with Gasteiger partial charge in [-0.1, -0.05) is 12.1 Å². The summed E-state index contributed by atoms with van der Waals surface area (Å²) in [5.41, 5.74) is 4.16. The van der Waals surface area contributed by atoms with Crippen LogP contribution in [0.4, 0.5) is 0 Å². The number of nitrogens with one attached hydrogen (secondary N) is 2. The average molecular weight is 259 g/mol. The van der Waals surface area contributed by atoms with Crippen molar-refractivity contribution in [2.24, 2.45) is 5.92 Å². The number of hydrogen-bond acceptors (Lipinski definition) is 3. The Morgan fingerprint density at radius 3 is 3.05 bits per heavy atom. The Morgan fingerprint density at radius 2 is 2.21 bits per heavy atom. The molecule has 19 heavy (non-hydrogen) atoms. The van der Waals surface area contributed by atoms with Crippen molar-refractivity contribution in [1.29, 1.82) is 0 Å². The zero-order chi connectivity index (χ0) is 12.1.